The van der Waals surface area contributed by atoms with Crippen LogP contribution in [-0.2, 0) is 4.79 Å². The number of carbonyl (C=O) groups excluding carboxylic acids is 2. The molecule has 6 heteroatoms. The van der Waals surface area contributed by atoms with Gasteiger partial charge in [0.05, 0.1) is 0 Å². The topological polar surface area (TPSA) is 84.2 Å². The summed E-state index contributed by atoms with van der Waals surface area (Å²) in [6, 6.07) is 6.72. The van der Waals surface area contributed by atoms with Gasteiger partial charge in [0.1, 0.15) is 0 Å². The standard InChI is InChI=1S/C9H11N3O2S/c1-6(13)12-15-8-4-2-7(3-5-8)9(14)11-10/h2-5H,10H2,1H3,(H,11,14)(H,12,13). The summed E-state index contributed by atoms with van der Waals surface area (Å²) < 4.78 is 2.58. The van der Waals surface area contributed by atoms with Gasteiger partial charge in [0.15, 0.2) is 0 Å². The first-order valence-electron chi connectivity index (χ1n) is 4.18. The van der Waals surface area contributed by atoms with Crippen LogP contribution in [0.1, 0.15) is 17.3 Å². The van der Waals surface area contributed by atoms with Crippen LogP contribution < -0.4 is 16.0 Å². The predicted octanol–water partition coefficient (Wildman–Crippen LogP) is 0.433. The molecule has 2 amide bonds. The van der Waals surface area contributed by atoms with Gasteiger partial charge < -0.3 is 0 Å². The van der Waals surface area contributed by atoms with E-state index in [1.807, 2.05) is 5.43 Å². The molecule has 1 rings (SSSR count). The van der Waals surface area contributed by atoms with Gasteiger partial charge in [0.2, 0.25) is 5.91 Å². The first-order chi connectivity index (χ1) is 7.13. The second kappa shape index (κ2) is 5.38. The summed E-state index contributed by atoms with van der Waals surface area (Å²) in [6.45, 7) is 1.43. The SMILES string of the molecule is CC(=O)NSc1ccc(C(=O)NN)cc1. The minimum absolute atomic E-state index is 0.122. The molecule has 0 fully saturated rings. The molecule has 4 N–H and O–H groups in total. The summed E-state index contributed by atoms with van der Waals surface area (Å²) in [7, 11) is 0. The normalized spacial score (nSPS) is 9.47. The molecule has 5 nitrogen and oxygen atoms in total. The van der Waals surface area contributed by atoms with E-state index in [1.54, 1.807) is 24.3 Å². The van der Waals surface area contributed by atoms with Crippen molar-refractivity contribution < 1.29 is 9.59 Å². The Bertz CT molecular complexity index is 364. The third-order valence-corrected chi connectivity index (χ3v) is 2.46. The van der Waals surface area contributed by atoms with E-state index < -0.39 is 0 Å². The van der Waals surface area contributed by atoms with E-state index in [0.717, 1.165) is 4.90 Å². The molecule has 0 bridgehead atoms. The highest BCUT2D eigenvalue weighted by Crippen LogP contribution is 2.14. The highest BCUT2D eigenvalue weighted by atomic mass is 32.2. The Kier molecular flexibility index (Phi) is 4.14. The minimum atomic E-state index is -0.342. The lowest BCUT2D eigenvalue weighted by Crippen LogP contribution is -2.29. The van der Waals surface area contributed by atoms with Crippen molar-refractivity contribution in [2.24, 2.45) is 5.84 Å². The Morgan fingerprint density at radius 3 is 2.33 bits per heavy atom. The van der Waals surface area contributed by atoms with Gasteiger partial charge in [0, 0.05) is 17.4 Å². The van der Waals surface area contributed by atoms with Gasteiger partial charge in [-0.3, -0.25) is 19.7 Å². The lowest BCUT2D eigenvalue weighted by atomic mass is 10.2. The third-order valence-electron chi connectivity index (χ3n) is 1.56. The number of nitrogens with one attached hydrogen (secondary N) is 2. The van der Waals surface area contributed by atoms with Crippen molar-refractivity contribution in [3.05, 3.63) is 29.8 Å². The molecule has 0 heterocycles. The Hall–Kier alpha value is -1.53. The van der Waals surface area contributed by atoms with Crippen LogP contribution in [0.2, 0.25) is 0 Å². The molecule has 15 heavy (non-hydrogen) atoms. The number of carbonyl (C=O) groups is 2. The Labute approximate surface area is 91.5 Å². The molecular formula is C9H11N3O2S. The maximum atomic E-state index is 11.1. The molecule has 1 aromatic rings. The third kappa shape index (κ3) is 3.61. The van der Waals surface area contributed by atoms with Crippen molar-refractivity contribution in [3.8, 4) is 0 Å². The molecule has 80 valence electrons. The number of rotatable bonds is 3. The van der Waals surface area contributed by atoms with Crippen molar-refractivity contribution in [3.63, 3.8) is 0 Å². The summed E-state index contributed by atoms with van der Waals surface area (Å²) in [5, 5.41) is 0. The van der Waals surface area contributed by atoms with Crippen molar-refractivity contribution in [1.29, 1.82) is 0 Å². The number of hydrazine groups is 1. The summed E-state index contributed by atoms with van der Waals surface area (Å²) in [4.78, 5) is 22.6. The van der Waals surface area contributed by atoms with Gasteiger partial charge in [-0.15, -0.1) is 0 Å². The number of hydrogen-bond acceptors (Lipinski definition) is 4. The maximum absolute atomic E-state index is 11.1. The summed E-state index contributed by atoms with van der Waals surface area (Å²) in [6.07, 6.45) is 0. The number of hydrogen-bond donors (Lipinski definition) is 3. The fourth-order valence-corrected chi connectivity index (χ4v) is 1.42. The largest absolute Gasteiger partial charge is 0.296 e. The fourth-order valence-electron chi connectivity index (χ4n) is 0.888. The predicted molar refractivity (Wildman–Crippen MR) is 57.8 cm³/mol. The van der Waals surface area contributed by atoms with Gasteiger partial charge in [-0.25, -0.2) is 5.84 Å². The molecule has 0 aliphatic rings. The molecule has 0 saturated heterocycles. The van der Waals surface area contributed by atoms with Crippen LogP contribution in [-0.4, -0.2) is 11.8 Å². The summed E-state index contributed by atoms with van der Waals surface area (Å²) in [5.41, 5.74) is 2.51. The van der Waals surface area contributed by atoms with Crippen LogP contribution in [0, 0.1) is 0 Å². The van der Waals surface area contributed by atoms with E-state index in [0.29, 0.717) is 5.56 Å². The molecule has 1 aromatic carbocycles. The quantitative estimate of drug-likeness (QED) is 0.301. The summed E-state index contributed by atoms with van der Waals surface area (Å²) >= 11 is 1.19. The van der Waals surface area contributed by atoms with E-state index in [2.05, 4.69) is 4.72 Å². The first kappa shape index (κ1) is 11.5. The van der Waals surface area contributed by atoms with Crippen LogP contribution in [0.3, 0.4) is 0 Å². The molecule has 0 unspecified atom stereocenters. The molecule has 0 aliphatic carbocycles. The van der Waals surface area contributed by atoms with E-state index in [1.165, 1.54) is 18.9 Å². The second-order valence-electron chi connectivity index (χ2n) is 2.76. The number of amides is 2. The smallest absolute Gasteiger partial charge is 0.265 e. The van der Waals surface area contributed by atoms with Gasteiger partial charge in [-0.2, -0.15) is 0 Å². The number of benzene rings is 1. The second-order valence-corrected chi connectivity index (χ2v) is 3.64. The lowest BCUT2D eigenvalue weighted by molar-refractivity contribution is -0.117. The highest BCUT2D eigenvalue weighted by molar-refractivity contribution is 7.98. The van der Waals surface area contributed by atoms with Crippen molar-refractivity contribution in [2.75, 3.05) is 0 Å². The average Bonchev–Trinajstić information content (AvgIpc) is 2.26. The molecule has 0 aliphatic heterocycles. The van der Waals surface area contributed by atoms with Crippen LogP contribution in [0.5, 0.6) is 0 Å². The number of nitrogens with two attached hydrogens (primary N) is 1. The molecule has 0 saturated carbocycles. The van der Waals surface area contributed by atoms with Gasteiger partial charge >= 0.3 is 0 Å². The Balaban J connectivity index is 2.64. The maximum Gasteiger partial charge on any atom is 0.265 e. The summed E-state index contributed by atoms with van der Waals surface area (Å²) in [5.74, 6) is 4.52. The minimum Gasteiger partial charge on any atom is -0.296 e. The van der Waals surface area contributed by atoms with Crippen molar-refractivity contribution in [1.82, 2.24) is 10.1 Å². The van der Waals surface area contributed by atoms with Gasteiger partial charge in [-0.05, 0) is 36.2 Å². The molecule has 0 aromatic heterocycles. The van der Waals surface area contributed by atoms with Gasteiger partial charge in [0.25, 0.3) is 5.91 Å². The molecule has 0 radical (unpaired) electrons. The zero-order valence-electron chi connectivity index (χ0n) is 8.11. The molecular weight excluding hydrogens is 214 g/mol. The average molecular weight is 225 g/mol. The van der Waals surface area contributed by atoms with Crippen LogP contribution in [0.15, 0.2) is 29.2 Å². The first-order valence-corrected chi connectivity index (χ1v) is 4.99. The van der Waals surface area contributed by atoms with Crippen molar-refractivity contribution >= 4 is 23.8 Å². The number of nitrogen functional groups attached to an aromatic ring is 1. The van der Waals surface area contributed by atoms with Crippen LogP contribution >= 0.6 is 11.9 Å². The monoisotopic (exact) mass is 225 g/mol. The van der Waals surface area contributed by atoms with E-state index >= 15 is 0 Å². The Morgan fingerprint density at radius 1 is 1.27 bits per heavy atom. The lowest BCUT2D eigenvalue weighted by Gasteiger charge is -2.02. The van der Waals surface area contributed by atoms with E-state index in [4.69, 9.17) is 5.84 Å². The van der Waals surface area contributed by atoms with E-state index in [9.17, 15) is 9.59 Å². The van der Waals surface area contributed by atoms with E-state index in [-0.39, 0.29) is 11.8 Å². The van der Waals surface area contributed by atoms with Crippen LogP contribution in [0.25, 0.3) is 0 Å². The van der Waals surface area contributed by atoms with Crippen LogP contribution in [0.4, 0.5) is 0 Å². The highest BCUT2D eigenvalue weighted by Gasteiger charge is 2.02. The molecule has 0 spiro atoms. The zero-order chi connectivity index (χ0) is 11.3. The fraction of sp³-hybridized carbons (Fsp3) is 0.111. The van der Waals surface area contributed by atoms with Crippen molar-refractivity contribution in [2.45, 2.75) is 11.8 Å². The van der Waals surface area contributed by atoms with Gasteiger partial charge in [-0.1, -0.05) is 0 Å². The zero-order valence-corrected chi connectivity index (χ0v) is 8.93. The molecule has 0 atom stereocenters. The Morgan fingerprint density at radius 2 is 1.87 bits per heavy atom.